The van der Waals surface area contributed by atoms with E-state index in [1.807, 2.05) is 36.9 Å². The van der Waals surface area contributed by atoms with Gasteiger partial charge in [-0.05, 0) is 26.0 Å². The van der Waals surface area contributed by atoms with Crippen LogP contribution < -0.4 is 15.0 Å². The number of hydrogen-bond acceptors (Lipinski definition) is 3. The van der Waals surface area contributed by atoms with Crippen LogP contribution in [-0.2, 0) is 4.79 Å². The van der Waals surface area contributed by atoms with E-state index in [4.69, 9.17) is 4.74 Å². The summed E-state index contributed by atoms with van der Waals surface area (Å²) in [4.78, 5) is 13.8. The molecule has 1 aliphatic rings. The number of hydrogen-bond donors (Lipinski definition) is 1. The Morgan fingerprint density at radius 2 is 2.25 bits per heavy atom. The van der Waals surface area contributed by atoms with Crippen LogP contribution in [0.1, 0.15) is 13.8 Å². The van der Waals surface area contributed by atoms with Gasteiger partial charge in [0.2, 0.25) is 5.91 Å². The zero-order chi connectivity index (χ0) is 11.7. The van der Waals surface area contributed by atoms with E-state index in [9.17, 15) is 4.79 Å². The lowest BCUT2D eigenvalue weighted by Gasteiger charge is -2.36. The third kappa shape index (κ3) is 1.50. The SMILES string of the molecule is CCN1c2c(cccc2OC)NC(=O)C1C. The number of nitrogens with one attached hydrogen (secondary N) is 1. The van der Waals surface area contributed by atoms with Crippen molar-refractivity contribution in [3.8, 4) is 5.75 Å². The Morgan fingerprint density at radius 3 is 2.88 bits per heavy atom. The van der Waals surface area contributed by atoms with Crippen molar-refractivity contribution in [2.24, 2.45) is 0 Å². The largest absolute Gasteiger partial charge is 0.495 e. The van der Waals surface area contributed by atoms with Crippen molar-refractivity contribution in [3.05, 3.63) is 18.2 Å². The zero-order valence-electron chi connectivity index (χ0n) is 9.78. The first-order chi connectivity index (χ1) is 7.69. The second kappa shape index (κ2) is 4.04. The van der Waals surface area contributed by atoms with Crippen molar-refractivity contribution in [1.82, 2.24) is 0 Å². The van der Waals surface area contributed by atoms with Crippen LogP contribution in [0.3, 0.4) is 0 Å². The third-order valence-electron chi connectivity index (χ3n) is 2.95. The van der Waals surface area contributed by atoms with Gasteiger partial charge in [0.15, 0.2) is 0 Å². The maximum Gasteiger partial charge on any atom is 0.246 e. The molecule has 0 aliphatic carbocycles. The number of carbonyl (C=O) groups excluding carboxylic acids is 1. The number of benzene rings is 1. The average molecular weight is 220 g/mol. The Kier molecular flexibility index (Phi) is 2.73. The number of methoxy groups -OCH3 is 1. The van der Waals surface area contributed by atoms with Crippen molar-refractivity contribution in [2.45, 2.75) is 19.9 Å². The van der Waals surface area contributed by atoms with E-state index < -0.39 is 0 Å². The number of carbonyl (C=O) groups is 1. The Labute approximate surface area is 95.2 Å². The molecule has 2 rings (SSSR count). The fourth-order valence-corrected chi connectivity index (χ4v) is 2.09. The molecule has 0 radical (unpaired) electrons. The quantitative estimate of drug-likeness (QED) is 0.827. The molecule has 1 aromatic carbocycles. The number of amides is 1. The van der Waals surface area contributed by atoms with Crippen molar-refractivity contribution in [1.29, 1.82) is 0 Å². The minimum atomic E-state index is -0.159. The van der Waals surface area contributed by atoms with E-state index in [0.29, 0.717) is 0 Å². The first-order valence-electron chi connectivity index (χ1n) is 5.43. The van der Waals surface area contributed by atoms with Gasteiger partial charge >= 0.3 is 0 Å². The second-order valence-corrected chi connectivity index (χ2v) is 3.81. The highest BCUT2D eigenvalue weighted by atomic mass is 16.5. The normalized spacial score (nSPS) is 19.1. The van der Waals surface area contributed by atoms with Gasteiger partial charge in [0.25, 0.3) is 0 Å². The topological polar surface area (TPSA) is 41.6 Å². The monoisotopic (exact) mass is 220 g/mol. The minimum Gasteiger partial charge on any atom is -0.495 e. The van der Waals surface area contributed by atoms with Gasteiger partial charge < -0.3 is 15.0 Å². The Balaban J connectivity index is 2.55. The molecule has 1 atom stereocenters. The molecule has 16 heavy (non-hydrogen) atoms. The molecule has 0 spiro atoms. The molecule has 0 fully saturated rings. The van der Waals surface area contributed by atoms with Crippen LogP contribution in [0.5, 0.6) is 5.75 Å². The predicted octanol–water partition coefficient (Wildman–Crippen LogP) is 1.86. The fourth-order valence-electron chi connectivity index (χ4n) is 2.09. The summed E-state index contributed by atoms with van der Waals surface area (Å²) in [5.41, 5.74) is 1.80. The summed E-state index contributed by atoms with van der Waals surface area (Å²) < 4.78 is 5.34. The molecule has 0 saturated carbocycles. The number of para-hydroxylation sites is 1. The number of anilines is 2. The maximum atomic E-state index is 11.7. The van der Waals surface area contributed by atoms with Gasteiger partial charge in [-0.1, -0.05) is 6.07 Å². The number of fused-ring (bicyclic) bond motifs is 1. The van der Waals surface area contributed by atoms with Gasteiger partial charge in [-0.15, -0.1) is 0 Å². The molecule has 4 nitrogen and oxygen atoms in total. The summed E-state index contributed by atoms with van der Waals surface area (Å²) in [6.07, 6.45) is 0. The fraction of sp³-hybridized carbons (Fsp3) is 0.417. The summed E-state index contributed by atoms with van der Waals surface area (Å²) in [7, 11) is 1.64. The summed E-state index contributed by atoms with van der Waals surface area (Å²) in [5, 5.41) is 2.89. The molecule has 0 saturated heterocycles. The van der Waals surface area contributed by atoms with E-state index >= 15 is 0 Å². The van der Waals surface area contributed by atoms with Gasteiger partial charge in [-0.25, -0.2) is 0 Å². The summed E-state index contributed by atoms with van der Waals surface area (Å²) in [6.45, 7) is 4.71. The van der Waals surface area contributed by atoms with Crippen molar-refractivity contribution < 1.29 is 9.53 Å². The Morgan fingerprint density at radius 1 is 1.50 bits per heavy atom. The number of ether oxygens (including phenoxy) is 1. The molecule has 1 aliphatic heterocycles. The van der Waals surface area contributed by atoms with Crippen LogP contribution in [0.2, 0.25) is 0 Å². The van der Waals surface area contributed by atoms with Crippen LogP contribution in [-0.4, -0.2) is 25.6 Å². The van der Waals surface area contributed by atoms with Crippen molar-refractivity contribution in [2.75, 3.05) is 23.9 Å². The van der Waals surface area contributed by atoms with Crippen LogP contribution in [0.15, 0.2) is 18.2 Å². The van der Waals surface area contributed by atoms with Gasteiger partial charge in [-0.3, -0.25) is 4.79 Å². The van der Waals surface area contributed by atoms with E-state index in [2.05, 4.69) is 5.32 Å². The smallest absolute Gasteiger partial charge is 0.246 e. The highest BCUT2D eigenvalue weighted by Gasteiger charge is 2.30. The molecule has 0 aromatic heterocycles. The zero-order valence-corrected chi connectivity index (χ0v) is 9.78. The molecular formula is C12H16N2O2. The van der Waals surface area contributed by atoms with Crippen LogP contribution >= 0.6 is 0 Å². The standard InChI is InChI=1S/C12H16N2O2/c1-4-14-8(2)12(15)13-9-6-5-7-10(16-3)11(9)14/h5-8H,4H2,1-3H3,(H,13,15). The molecule has 1 heterocycles. The maximum absolute atomic E-state index is 11.7. The van der Waals surface area contributed by atoms with E-state index in [0.717, 1.165) is 23.7 Å². The van der Waals surface area contributed by atoms with E-state index in [1.54, 1.807) is 7.11 Å². The first-order valence-corrected chi connectivity index (χ1v) is 5.43. The molecule has 1 N–H and O–H groups in total. The van der Waals surface area contributed by atoms with Gasteiger partial charge in [0.1, 0.15) is 17.5 Å². The minimum absolute atomic E-state index is 0.0302. The third-order valence-corrected chi connectivity index (χ3v) is 2.95. The lowest BCUT2D eigenvalue weighted by Crippen LogP contribution is -2.46. The molecule has 1 amide bonds. The van der Waals surface area contributed by atoms with E-state index in [-0.39, 0.29) is 11.9 Å². The number of rotatable bonds is 2. The van der Waals surface area contributed by atoms with Crippen molar-refractivity contribution >= 4 is 17.3 Å². The molecule has 4 heteroatoms. The summed E-state index contributed by atoms with van der Waals surface area (Å²) >= 11 is 0. The Bertz CT molecular complexity index is 417. The lowest BCUT2D eigenvalue weighted by atomic mass is 10.1. The molecule has 1 unspecified atom stereocenters. The predicted molar refractivity (Wildman–Crippen MR) is 64.1 cm³/mol. The second-order valence-electron chi connectivity index (χ2n) is 3.81. The summed E-state index contributed by atoms with van der Waals surface area (Å²) in [6, 6.07) is 5.52. The molecule has 86 valence electrons. The van der Waals surface area contributed by atoms with Gasteiger partial charge in [0, 0.05) is 6.54 Å². The van der Waals surface area contributed by atoms with Crippen LogP contribution in [0.25, 0.3) is 0 Å². The summed E-state index contributed by atoms with van der Waals surface area (Å²) in [5.74, 6) is 0.828. The average Bonchev–Trinajstić information content (AvgIpc) is 2.30. The molecule has 0 bridgehead atoms. The van der Waals surface area contributed by atoms with Crippen LogP contribution in [0, 0.1) is 0 Å². The molecule has 1 aromatic rings. The van der Waals surface area contributed by atoms with Crippen molar-refractivity contribution in [3.63, 3.8) is 0 Å². The highest BCUT2D eigenvalue weighted by molar-refractivity contribution is 6.04. The lowest BCUT2D eigenvalue weighted by molar-refractivity contribution is -0.117. The highest BCUT2D eigenvalue weighted by Crippen LogP contribution is 2.39. The number of likely N-dealkylation sites (N-methyl/N-ethyl adjacent to an activating group) is 1. The van der Waals surface area contributed by atoms with Gasteiger partial charge in [0.05, 0.1) is 12.8 Å². The van der Waals surface area contributed by atoms with E-state index in [1.165, 1.54) is 0 Å². The van der Waals surface area contributed by atoms with Gasteiger partial charge in [-0.2, -0.15) is 0 Å². The Hall–Kier alpha value is -1.71. The first kappa shape index (κ1) is 10.8. The number of nitrogens with zero attached hydrogens (tertiary/aromatic N) is 1. The molecular weight excluding hydrogens is 204 g/mol. The van der Waals surface area contributed by atoms with Crippen LogP contribution in [0.4, 0.5) is 11.4 Å².